The Labute approximate surface area is 174 Å². The van der Waals surface area contributed by atoms with E-state index in [0.29, 0.717) is 12.8 Å². The summed E-state index contributed by atoms with van der Waals surface area (Å²) < 4.78 is 23.5. The number of piperidine rings is 1. The molecule has 0 unspecified atom stereocenters. The molecule has 3 atom stereocenters. The highest BCUT2D eigenvalue weighted by molar-refractivity contribution is 7.91. The minimum Gasteiger partial charge on any atom is -0.352 e. The van der Waals surface area contributed by atoms with E-state index in [1.54, 1.807) is 4.90 Å². The number of anilines is 1. The lowest BCUT2D eigenvalue weighted by Crippen LogP contribution is -2.50. The lowest BCUT2D eigenvalue weighted by atomic mass is 9.86. The smallest absolute Gasteiger partial charge is 0.227 e. The summed E-state index contributed by atoms with van der Waals surface area (Å²) in [6.07, 6.45) is 1.19. The molecule has 2 aliphatic heterocycles. The Hall–Kier alpha value is -2.19. The van der Waals surface area contributed by atoms with E-state index in [9.17, 15) is 18.0 Å². The molecule has 1 aromatic heterocycles. The van der Waals surface area contributed by atoms with Crippen molar-refractivity contribution in [3.05, 3.63) is 52.2 Å². The SMILES string of the molecule is Cc1ccc(N2C(=O)CC[C@H](C(=O)N[C@H]3CCS(=O)(=O)C3)[C@H]2c2cccs2)cc1. The zero-order valence-electron chi connectivity index (χ0n) is 16.2. The molecule has 2 aliphatic rings. The van der Waals surface area contributed by atoms with E-state index in [-0.39, 0.29) is 35.8 Å². The summed E-state index contributed by atoms with van der Waals surface area (Å²) in [4.78, 5) is 28.8. The molecule has 2 fully saturated rings. The second kappa shape index (κ2) is 7.91. The summed E-state index contributed by atoms with van der Waals surface area (Å²) in [5.41, 5.74) is 1.88. The topological polar surface area (TPSA) is 83.6 Å². The van der Waals surface area contributed by atoms with Gasteiger partial charge in [0.1, 0.15) is 0 Å². The fourth-order valence-electron chi connectivity index (χ4n) is 4.18. The van der Waals surface area contributed by atoms with E-state index in [2.05, 4.69) is 5.32 Å². The number of rotatable bonds is 4. The van der Waals surface area contributed by atoms with E-state index >= 15 is 0 Å². The lowest BCUT2D eigenvalue weighted by molar-refractivity contribution is -0.129. The molecule has 154 valence electrons. The molecule has 0 aliphatic carbocycles. The van der Waals surface area contributed by atoms with Crippen LogP contribution in [0, 0.1) is 12.8 Å². The predicted octanol–water partition coefficient (Wildman–Crippen LogP) is 2.84. The van der Waals surface area contributed by atoms with Crippen molar-refractivity contribution in [2.75, 3.05) is 16.4 Å². The second-order valence-corrected chi connectivity index (χ2v) is 11.0. The van der Waals surface area contributed by atoms with E-state index in [0.717, 1.165) is 16.1 Å². The first kappa shape index (κ1) is 20.1. The Morgan fingerprint density at radius 1 is 1.17 bits per heavy atom. The van der Waals surface area contributed by atoms with Gasteiger partial charge in [0.2, 0.25) is 11.8 Å². The Morgan fingerprint density at radius 2 is 1.93 bits per heavy atom. The Kier molecular flexibility index (Phi) is 5.48. The largest absolute Gasteiger partial charge is 0.352 e. The number of sulfone groups is 1. The van der Waals surface area contributed by atoms with E-state index in [1.165, 1.54) is 11.3 Å². The highest BCUT2D eigenvalue weighted by Crippen LogP contribution is 2.41. The molecule has 2 aromatic rings. The average molecular weight is 433 g/mol. The number of hydrogen-bond acceptors (Lipinski definition) is 5. The summed E-state index contributed by atoms with van der Waals surface area (Å²) in [7, 11) is -3.07. The minimum atomic E-state index is -3.07. The van der Waals surface area contributed by atoms with Crippen molar-refractivity contribution in [1.29, 1.82) is 0 Å². The molecule has 2 amide bonds. The van der Waals surface area contributed by atoms with Crippen molar-refractivity contribution in [3.8, 4) is 0 Å². The standard InChI is InChI=1S/C21H24N2O4S2/c1-14-4-6-16(7-5-14)23-19(24)9-8-17(20(23)18-3-2-11-28-18)21(25)22-15-10-12-29(26,27)13-15/h2-7,11,15,17,20H,8-10,12-13H2,1H3,(H,22,25)/t15-,17-,20-/m0/s1. The first-order chi connectivity index (χ1) is 13.8. The molecule has 0 saturated carbocycles. The van der Waals surface area contributed by atoms with Gasteiger partial charge in [-0.3, -0.25) is 9.59 Å². The van der Waals surface area contributed by atoms with Crippen molar-refractivity contribution in [1.82, 2.24) is 5.32 Å². The van der Waals surface area contributed by atoms with Gasteiger partial charge in [-0.1, -0.05) is 23.8 Å². The van der Waals surface area contributed by atoms with Gasteiger partial charge in [-0.15, -0.1) is 11.3 Å². The van der Waals surface area contributed by atoms with Gasteiger partial charge in [0, 0.05) is 23.0 Å². The molecule has 2 saturated heterocycles. The molecule has 4 rings (SSSR count). The maximum atomic E-state index is 13.2. The zero-order chi connectivity index (χ0) is 20.6. The molecule has 0 radical (unpaired) electrons. The van der Waals surface area contributed by atoms with Crippen LogP contribution in [0.15, 0.2) is 41.8 Å². The zero-order valence-corrected chi connectivity index (χ0v) is 17.8. The molecule has 6 nitrogen and oxygen atoms in total. The third kappa shape index (κ3) is 4.23. The first-order valence-electron chi connectivity index (χ1n) is 9.77. The molecular formula is C21H24N2O4S2. The highest BCUT2D eigenvalue weighted by Gasteiger charge is 2.43. The number of nitrogens with zero attached hydrogens (tertiary/aromatic N) is 1. The van der Waals surface area contributed by atoms with Crippen LogP contribution in [0.2, 0.25) is 0 Å². The van der Waals surface area contributed by atoms with Crippen molar-refractivity contribution < 1.29 is 18.0 Å². The molecule has 3 heterocycles. The van der Waals surface area contributed by atoms with Crippen LogP contribution in [0.1, 0.15) is 35.7 Å². The number of aryl methyl sites for hydroxylation is 1. The Balaban J connectivity index is 1.64. The number of carbonyl (C=O) groups is 2. The fraction of sp³-hybridized carbons (Fsp3) is 0.429. The van der Waals surface area contributed by atoms with Gasteiger partial charge in [0.15, 0.2) is 9.84 Å². The minimum absolute atomic E-state index is 0.000234. The number of thiophene rings is 1. The van der Waals surface area contributed by atoms with Gasteiger partial charge in [0.05, 0.1) is 23.5 Å². The van der Waals surface area contributed by atoms with Crippen LogP contribution < -0.4 is 10.2 Å². The Bertz CT molecular complexity index is 1000. The molecule has 8 heteroatoms. The van der Waals surface area contributed by atoms with E-state index in [1.807, 2.05) is 48.7 Å². The predicted molar refractivity (Wildman–Crippen MR) is 114 cm³/mol. The van der Waals surface area contributed by atoms with Crippen LogP contribution in [0.25, 0.3) is 0 Å². The van der Waals surface area contributed by atoms with Gasteiger partial charge in [-0.25, -0.2) is 8.42 Å². The number of hydrogen-bond donors (Lipinski definition) is 1. The van der Waals surface area contributed by atoms with Gasteiger partial charge < -0.3 is 10.2 Å². The summed E-state index contributed by atoms with van der Waals surface area (Å²) >= 11 is 1.53. The maximum absolute atomic E-state index is 13.2. The van der Waals surface area contributed by atoms with Crippen LogP contribution in [-0.2, 0) is 19.4 Å². The van der Waals surface area contributed by atoms with Gasteiger partial charge in [-0.05, 0) is 43.3 Å². The van der Waals surface area contributed by atoms with Crippen molar-refractivity contribution in [2.45, 2.75) is 38.3 Å². The Morgan fingerprint density at radius 3 is 2.55 bits per heavy atom. The van der Waals surface area contributed by atoms with E-state index in [4.69, 9.17) is 0 Å². The average Bonchev–Trinajstić information content (AvgIpc) is 3.32. The van der Waals surface area contributed by atoms with Gasteiger partial charge in [-0.2, -0.15) is 0 Å². The fourth-order valence-corrected chi connectivity index (χ4v) is 6.73. The quantitative estimate of drug-likeness (QED) is 0.805. The van der Waals surface area contributed by atoms with Gasteiger partial charge >= 0.3 is 0 Å². The number of benzene rings is 1. The third-order valence-corrected chi connectivity index (χ3v) is 8.37. The maximum Gasteiger partial charge on any atom is 0.227 e. The van der Waals surface area contributed by atoms with Crippen LogP contribution in [-0.4, -0.2) is 37.8 Å². The van der Waals surface area contributed by atoms with Crippen molar-refractivity contribution in [3.63, 3.8) is 0 Å². The van der Waals surface area contributed by atoms with Gasteiger partial charge in [0.25, 0.3) is 0 Å². The van der Waals surface area contributed by atoms with Crippen molar-refractivity contribution in [2.24, 2.45) is 5.92 Å². The number of amides is 2. The highest BCUT2D eigenvalue weighted by atomic mass is 32.2. The lowest BCUT2D eigenvalue weighted by Gasteiger charge is -2.40. The number of carbonyl (C=O) groups excluding carboxylic acids is 2. The molecular weight excluding hydrogens is 408 g/mol. The first-order valence-corrected chi connectivity index (χ1v) is 12.5. The molecule has 0 spiro atoms. The van der Waals surface area contributed by atoms with Crippen LogP contribution in [0.5, 0.6) is 0 Å². The molecule has 1 aromatic carbocycles. The monoisotopic (exact) mass is 432 g/mol. The molecule has 1 N–H and O–H groups in total. The molecule has 0 bridgehead atoms. The second-order valence-electron chi connectivity index (χ2n) is 7.81. The summed E-state index contributed by atoms with van der Waals surface area (Å²) in [6.45, 7) is 1.99. The normalized spacial score (nSPS) is 26.4. The van der Waals surface area contributed by atoms with Crippen LogP contribution >= 0.6 is 11.3 Å². The van der Waals surface area contributed by atoms with E-state index < -0.39 is 21.8 Å². The summed E-state index contributed by atoms with van der Waals surface area (Å²) in [5.74, 6) is -0.480. The van der Waals surface area contributed by atoms with Crippen LogP contribution in [0.3, 0.4) is 0 Å². The van der Waals surface area contributed by atoms with Crippen LogP contribution in [0.4, 0.5) is 5.69 Å². The number of nitrogens with one attached hydrogen (secondary N) is 1. The summed E-state index contributed by atoms with van der Waals surface area (Å²) in [5, 5.41) is 4.89. The van der Waals surface area contributed by atoms with Crippen molar-refractivity contribution >= 4 is 38.7 Å². The summed E-state index contributed by atoms with van der Waals surface area (Å²) in [6, 6.07) is 10.9. The molecule has 29 heavy (non-hydrogen) atoms. The third-order valence-electron chi connectivity index (χ3n) is 5.66.